The van der Waals surface area contributed by atoms with Crippen LogP contribution in [0.3, 0.4) is 0 Å². The van der Waals surface area contributed by atoms with Crippen LogP contribution in [0.15, 0.2) is 12.1 Å². The highest BCUT2D eigenvalue weighted by molar-refractivity contribution is 5.90. The van der Waals surface area contributed by atoms with Gasteiger partial charge in [0.2, 0.25) is 17.7 Å². The van der Waals surface area contributed by atoms with E-state index in [9.17, 15) is 9.59 Å². The third-order valence-electron chi connectivity index (χ3n) is 4.35. The molecule has 1 aromatic heterocycles. The molecular weight excluding hydrogens is 310 g/mol. The lowest BCUT2D eigenvalue weighted by atomic mass is 10.1. The number of carbonyl (C=O) groups excluding carboxylic acids is 2. The zero-order chi connectivity index (χ0) is 17.1. The second kappa shape index (κ2) is 7.02. The molecule has 2 aliphatic rings. The number of amides is 2. The molecule has 3 rings (SSSR count). The topological polar surface area (TPSA) is 87.7 Å². The predicted molar refractivity (Wildman–Crippen MR) is 87.8 cm³/mol. The van der Waals surface area contributed by atoms with E-state index >= 15 is 0 Å². The number of piperidine rings is 1. The van der Waals surface area contributed by atoms with Gasteiger partial charge >= 0.3 is 0 Å². The minimum absolute atomic E-state index is 0.0109. The fourth-order valence-corrected chi connectivity index (χ4v) is 3.04. The largest absolute Gasteiger partial charge is 0.471 e. The number of hydrogen-bond acceptors (Lipinski definition) is 6. The Morgan fingerprint density at radius 1 is 1.33 bits per heavy atom. The summed E-state index contributed by atoms with van der Waals surface area (Å²) in [6.45, 7) is 1.22. The second-order valence-corrected chi connectivity index (χ2v) is 6.45. The van der Waals surface area contributed by atoms with E-state index in [0.717, 1.165) is 18.7 Å². The fourth-order valence-electron chi connectivity index (χ4n) is 3.04. The second-order valence-electron chi connectivity index (χ2n) is 6.45. The highest BCUT2D eigenvalue weighted by Gasteiger charge is 2.33. The molecule has 1 aromatic rings. The van der Waals surface area contributed by atoms with Gasteiger partial charge in [-0.3, -0.25) is 9.59 Å². The predicted octanol–water partition coefficient (Wildman–Crippen LogP) is 0.191. The molecule has 3 heterocycles. The Morgan fingerprint density at radius 3 is 2.79 bits per heavy atom. The number of carbonyl (C=O) groups is 2. The van der Waals surface area contributed by atoms with E-state index in [1.54, 1.807) is 11.0 Å². The Bertz CT molecular complexity index is 604. The molecule has 2 amide bonds. The quantitative estimate of drug-likeness (QED) is 0.846. The maximum atomic E-state index is 12.5. The van der Waals surface area contributed by atoms with Gasteiger partial charge < -0.3 is 19.9 Å². The van der Waals surface area contributed by atoms with Crippen LogP contribution in [0.4, 0.5) is 5.82 Å². The highest BCUT2D eigenvalue weighted by Crippen LogP contribution is 2.19. The Kier molecular flexibility index (Phi) is 4.82. The van der Waals surface area contributed by atoms with Gasteiger partial charge in [-0.1, -0.05) is 0 Å². The lowest BCUT2D eigenvalue weighted by Crippen LogP contribution is -2.50. The van der Waals surface area contributed by atoms with Crippen molar-refractivity contribution in [1.29, 1.82) is 0 Å². The van der Waals surface area contributed by atoms with Gasteiger partial charge in [0, 0.05) is 33.1 Å². The van der Waals surface area contributed by atoms with Crippen LogP contribution >= 0.6 is 0 Å². The monoisotopic (exact) mass is 333 g/mol. The first-order valence-electron chi connectivity index (χ1n) is 8.29. The first kappa shape index (κ1) is 16.5. The van der Waals surface area contributed by atoms with E-state index in [-0.39, 0.29) is 24.0 Å². The van der Waals surface area contributed by atoms with E-state index in [2.05, 4.69) is 15.5 Å². The van der Waals surface area contributed by atoms with Gasteiger partial charge in [0.15, 0.2) is 5.82 Å². The van der Waals surface area contributed by atoms with Gasteiger partial charge in [-0.2, -0.15) is 0 Å². The van der Waals surface area contributed by atoms with Crippen molar-refractivity contribution < 1.29 is 14.3 Å². The average Bonchev–Trinajstić information content (AvgIpc) is 3.01. The van der Waals surface area contributed by atoms with Crippen molar-refractivity contribution in [3.05, 3.63) is 12.1 Å². The van der Waals surface area contributed by atoms with Crippen LogP contribution in [0.5, 0.6) is 5.88 Å². The molecule has 0 saturated carbocycles. The van der Waals surface area contributed by atoms with E-state index in [1.807, 2.05) is 25.1 Å². The van der Waals surface area contributed by atoms with Crippen molar-refractivity contribution in [2.45, 2.75) is 37.8 Å². The van der Waals surface area contributed by atoms with E-state index in [1.165, 1.54) is 0 Å². The third-order valence-corrected chi connectivity index (χ3v) is 4.35. The molecule has 24 heavy (non-hydrogen) atoms. The van der Waals surface area contributed by atoms with Crippen molar-refractivity contribution >= 4 is 17.6 Å². The van der Waals surface area contributed by atoms with E-state index in [0.29, 0.717) is 31.8 Å². The van der Waals surface area contributed by atoms with Crippen LogP contribution in [0.2, 0.25) is 0 Å². The number of nitrogens with one attached hydrogen (secondary N) is 1. The van der Waals surface area contributed by atoms with Crippen molar-refractivity contribution in [3.8, 4) is 5.88 Å². The summed E-state index contributed by atoms with van der Waals surface area (Å²) in [6, 6.07) is 3.26. The number of anilines is 1. The average molecular weight is 333 g/mol. The zero-order valence-corrected chi connectivity index (χ0v) is 14.1. The Balaban J connectivity index is 1.57. The molecule has 2 unspecified atom stereocenters. The summed E-state index contributed by atoms with van der Waals surface area (Å²) in [5, 5.41) is 10.9. The van der Waals surface area contributed by atoms with E-state index < -0.39 is 0 Å². The Morgan fingerprint density at radius 2 is 2.17 bits per heavy atom. The van der Waals surface area contributed by atoms with Crippen molar-refractivity contribution in [2.75, 3.05) is 32.1 Å². The third kappa shape index (κ3) is 3.74. The Hall–Kier alpha value is -2.38. The minimum Gasteiger partial charge on any atom is -0.471 e. The number of rotatable bonds is 4. The van der Waals surface area contributed by atoms with Crippen molar-refractivity contribution in [3.63, 3.8) is 0 Å². The molecular formula is C16H23N5O3. The normalized spacial score (nSPS) is 23.8. The molecule has 8 heteroatoms. The maximum Gasteiger partial charge on any atom is 0.245 e. The molecule has 0 bridgehead atoms. The summed E-state index contributed by atoms with van der Waals surface area (Å²) in [7, 11) is 3.80. The van der Waals surface area contributed by atoms with E-state index in [4.69, 9.17) is 4.74 Å². The summed E-state index contributed by atoms with van der Waals surface area (Å²) in [6.07, 6.45) is 2.66. The summed E-state index contributed by atoms with van der Waals surface area (Å²) in [5.41, 5.74) is 0. The molecule has 2 aliphatic heterocycles. The van der Waals surface area contributed by atoms with Crippen LogP contribution in [0.25, 0.3) is 0 Å². The molecule has 2 fully saturated rings. The molecule has 1 N–H and O–H groups in total. The molecule has 0 aromatic carbocycles. The number of likely N-dealkylation sites (tertiary alicyclic amines) is 1. The standard InChI is InChI=1S/C16H23N5O3/c1-20(2)13-6-8-15(19-18-13)24-11-4-3-9-21(10-11)16(23)12-5-7-14(22)17-12/h6,8,11-12H,3-5,7,9-10H2,1-2H3,(H,17,22). The summed E-state index contributed by atoms with van der Waals surface area (Å²) >= 11 is 0. The van der Waals surface area contributed by atoms with Gasteiger partial charge in [0.1, 0.15) is 12.1 Å². The first-order valence-corrected chi connectivity index (χ1v) is 8.29. The van der Waals surface area contributed by atoms with Crippen molar-refractivity contribution in [2.24, 2.45) is 0 Å². The van der Waals surface area contributed by atoms with Crippen LogP contribution < -0.4 is 15.0 Å². The van der Waals surface area contributed by atoms with Crippen LogP contribution in [0, 0.1) is 0 Å². The van der Waals surface area contributed by atoms with Gasteiger partial charge in [-0.25, -0.2) is 0 Å². The molecule has 0 radical (unpaired) electrons. The summed E-state index contributed by atoms with van der Waals surface area (Å²) < 4.78 is 5.88. The van der Waals surface area contributed by atoms with Gasteiger partial charge in [-0.05, 0) is 25.3 Å². The zero-order valence-electron chi connectivity index (χ0n) is 14.1. The van der Waals surface area contributed by atoms with Gasteiger partial charge in [0.05, 0.1) is 6.54 Å². The number of ether oxygens (including phenoxy) is 1. The number of hydrogen-bond donors (Lipinski definition) is 1. The number of aromatic nitrogens is 2. The Labute approximate surface area is 141 Å². The van der Waals surface area contributed by atoms with Crippen LogP contribution in [-0.4, -0.2) is 66.2 Å². The minimum atomic E-state index is -0.379. The molecule has 0 aliphatic carbocycles. The lowest BCUT2D eigenvalue weighted by Gasteiger charge is -2.34. The van der Waals surface area contributed by atoms with Gasteiger partial charge in [-0.15, -0.1) is 10.2 Å². The summed E-state index contributed by atoms with van der Waals surface area (Å²) in [4.78, 5) is 27.4. The van der Waals surface area contributed by atoms with Crippen LogP contribution in [-0.2, 0) is 9.59 Å². The molecule has 8 nitrogen and oxygen atoms in total. The fraction of sp³-hybridized carbons (Fsp3) is 0.625. The van der Waals surface area contributed by atoms with Crippen LogP contribution in [0.1, 0.15) is 25.7 Å². The SMILES string of the molecule is CN(C)c1ccc(OC2CCCN(C(=O)C3CCC(=O)N3)C2)nn1. The molecule has 2 saturated heterocycles. The number of nitrogens with zero attached hydrogens (tertiary/aromatic N) is 4. The lowest BCUT2D eigenvalue weighted by molar-refractivity contribution is -0.136. The molecule has 2 atom stereocenters. The highest BCUT2D eigenvalue weighted by atomic mass is 16.5. The maximum absolute atomic E-state index is 12.5. The summed E-state index contributed by atoms with van der Waals surface area (Å²) in [5.74, 6) is 1.17. The first-order chi connectivity index (χ1) is 11.5. The van der Waals surface area contributed by atoms with Gasteiger partial charge in [0.25, 0.3) is 0 Å². The smallest absolute Gasteiger partial charge is 0.245 e. The molecule has 130 valence electrons. The van der Waals surface area contributed by atoms with Crippen molar-refractivity contribution in [1.82, 2.24) is 20.4 Å². The molecule has 0 spiro atoms.